The number of epoxide rings is 1. The van der Waals surface area contributed by atoms with E-state index in [1.54, 1.807) is 6.08 Å². The third-order valence-corrected chi connectivity index (χ3v) is 5.17. The highest BCUT2D eigenvalue weighted by Crippen LogP contribution is 2.69. The van der Waals surface area contributed by atoms with Gasteiger partial charge in [-0.15, -0.1) is 0 Å². The van der Waals surface area contributed by atoms with Gasteiger partial charge in [0.1, 0.15) is 11.2 Å². The average molecular weight is 248 g/mol. The summed E-state index contributed by atoms with van der Waals surface area (Å²) >= 11 is 0. The van der Waals surface area contributed by atoms with Gasteiger partial charge in [-0.3, -0.25) is 4.79 Å². The second-order valence-corrected chi connectivity index (χ2v) is 6.37. The molecular formula is C15H20O3. The van der Waals surface area contributed by atoms with Crippen molar-refractivity contribution < 1.29 is 14.6 Å². The Bertz CT molecular complexity index is 512. The summed E-state index contributed by atoms with van der Waals surface area (Å²) in [7, 11) is 0. The summed E-state index contributed by atoms with van der Waals surface area (Å²) in [5, 5.41) is 11.0. The van der Waals surface area contributed by atoms with E-state index in [1.807, 2.05) is 20.8 Å². The molecule has 0 radical (unpaired) electrons. The van der Waals surface area contributed by atoms with Crippen LogP contribution >= 0.6 is 0 Å². The molecule has 1 N–H and O–H groups in total. The van der Waals surface area contributed by atoms with Gasteiger partial charge in [-0.05, 0) is 52.2 Å². The minimum Gasteiger partial charge on any atom is -0.382 e. The molecule has 3 aliphatic rings. The van der Waals surface area contributed by atoms with Crippen molar-refractivity contribution in [3.63, 3.8) is 0 Å². The molecule has 1 aliphatic heterocycles. The lowest BCUT2D eigenvalue weighted by atomic mass is 9.78. The van der Waals surface area contributed by atoms with Crippen molar-refractivity contribution in [3.05, 3.63) is 22.8 Å². The molecule has 0 aromatic rings. The van der Waals surface area contributed by atoms with Crippen LogP contribution in [-0.2, 0) is 9.53 Å². The molecule has 1 saturated heterocycles. The van der Waals surface area contributed by atoms with Gasteiger partial charge in [0.15, 0.2) is 5.78 Å². The summed E-state index contributed by atoms with van der Waals surface area (Å²) in [6.07, 6.45) is 3.69. The molecule has 3 rings (SSSR count). The normalized spacial score (nSPS) is 46.2. The molecule has 1 saturated carbocycles. The lowest BCUT2D eigenvalue weighted by molar-refractivity contribution is -0.111. The number of carbonyl (C=O) groups is 1. The number of ketones is 1. The van der Waals surface area contributed by atoms with E-state index in [9.17, 15) is 9.90 Å². The first-order valence-corrected chi connectivity index (χ1v) is 6.58. The van der Waals surface area contributed by atoms with E-state index in [0.717, 1.165) is 23.1 Å². The van der Waals surface area contributed by atoms with Crippen molar-refractivity contribution in [2.45, 2.75) is 63.8 Å². The van der Waals surface area contributed by atoms with Crippen LogP contribution in [0.2, 0.25) is 0 Å². The van der Waals surface area contributed by atoms with Gasteiger partial charge in [0, 0.05) is 12.0 Å². The average Bonchev–Trinajstić information content (AvgIpc) is 2.84. The predicted octanol–water partition coefficient (Wildman–Crippen LogP) is 2.29. The van der Waals surface area contributed by atoms with E-state index in [-0.39, 0.29) is 11.4 Å². The molecule has 2 aliphatic carbocycles. The zero-order chi connectivity index (χ0) is 13.3. The molecule has 3 atom stereocenters. The monoisotopic (exact) mass is 248 g/mol. The minimum atomic E-state index is -0.964. The Balaban J connectivity index is 2.18. The molecular weight excluding hydrogens is 228 g/mol. The van der Waals surface area contributed by atoms with E-state index in [0.29, 0.717) is 12.8 Å². The molecule has 18 heavy (non-hydrogen) atoms. The Morgan fingerprint density at radius 2 is 2.06 bits per heavy atom. The van der Waals surface area contributed by atoms with Gasteiger partial charge in [0.25, 0.3) is 0 Å². The molecule has 2 fully saturated rings. The number of hydrogen-bond donors (Lipinski definition) is 1. The van der Waals surface area contributed by atoms with Gasteiger partial charge in [-0.1, -0.05) is 5.57 Å². The first-order valence-electron chi connectivity index (χ1n) is 6.58. The second-order valence-electron chi connectivity index (χ2n) is 6.37. The minimum absolute atomic E-state index is 0.0301. The predicted molar refractivity (Wildman–Crippen MR) is 68.2 cm³/mol. The van der Waals surface area contributed by atoms with Crippen LogP contribution in [0.5, 0.6) is 0 Å². The molecule has 0 amide bonds. The van der Waals surface area contributed by atoms with Crippen LogP contribution in [-0.4, -0.2) is 27.7 Å². The Morgan fingerprint density at radius 3 is 2.61 bits per heavy atom. The highest BCUT2D eigenvalue weighted by Gasteiger charge is 2.81. The maximum Gasteiger partial charge on any atom is 0.181 e. The fraction of sp³-hybridized carbons (Fsp3) is 0.667. The first kappa shape index (κ1) is 12.1. The lowest BCUT2D eigenvalue weighted by Gasteiger charge is -2.31. The molecule has 0 bridgehead atoms. The SMILES string of the molecule is CC1=CC(=O)C(=C(C)C)C[C@]23O[C@@]2(C)CC[C@@]13O. The summed E-state index contributed by atoms with van der Waals surface area (Å²) in [6.45, 7) is 7.80. The third-order valence-electron chi connectivity index (χ3n) is 5.17. The van der Waals surface area contributed by atoms with Gasteiger partial charge < -0.3 is 9.84 Å². The molecule has 0 aromatic carbocycles. The van der Waals surface area contributed by atoms with Crippen LogP contribution in [0, 0.1) is 0 Å². The van der Waals surface area contributed by atoms with Crippen LogP contribution in [0.25, 0.3) is 0 Å². The Labute approximate surface area is 108 Å². The summed E-state index contributed by atoms with van der Waals surface area (Å²) in [6, 6.07) is 0. The molecule has 1 heterocycles. The highest BCUT2D eigenvalue weighted by atomic mass is 16.6. The molecule has 3 heteroatoms. The van der Waals surface area contributed by atoms with E-state index in [4.69, 9.17) is 4.74 Å². The van der Waals surface area contributed by atoms with Gasteiger partial charge in [0.05, 0.1) is 5.60 Å². The smallest absolute Gasteiger partial charge is 0.181 e. The summed E-state index contributed by atoms with van der Waals surface area (Å²) < 4.78 is 5.94. The Hall–Kier alpha value is -0.930. The summed E-state index contributed by atoms with van der Waals surface area (Å²) in [5.74, 6) is 0.0301. The zero-order valence-electron chi connectivity index (χ0n) is 11.5. The fourth-order valence-electron chi connectivity index (χ4n) is 3.80. The molecule has 3 nitrogen and oxygen atoms in total. The largest absolute Gasteiger partial charge is 0.382 e. The van der Waals surface area contributed by atoms with Gasteiger partial charge in [-0.25, -0.2) is 0 Å². The second kappa shape index (κ2) is 3.14. The lowest BCUT2D eigenvalue weighted by Crippen LogP contribution is -2.44. The third kappa shape index (κ3) is 1.14. The van der Waals surface area contributed by atoms with Gasteiger partial charge >= 0.3 is 0 Å². The first-order chi connectivity index (χ1) is 8.26. The van der Waals surface area contributed by atoms with Crippen molar-refractivity contribution in [3.8, 4) is 0 Å². The van der Waals surface area contributed by atoms with Crippen molar-refractivity contribution >= 4 is 5.78 Å². The zero-order valence-corrected chi connectivity index (χ0v) is 11.5. The topological polar surface area (TPSA) is 49.8 Å². The van der Waals surface area contributed by atoms with Gasteiger partial charge in [0.2, 0.25) is 0 Å². The van der Waals surface area contributed by atoms with Crippen molar-refractivity contribution in [1.82, 2.24) is 0 Å². The number of ether oxygens (including phenoxy) is 1. The maximum absolute atomic E-state index is 12.2. The molecule has 98 valence electrons. The van der Waals surface area contributed by atoms with Crippen LogP contribution in [0.15, 0.2) is 22.8 Å². The molecule has 1 spiro atoms. The van der Waals surface area contributed by atoms with E-state index in [2.05, 4.69) is 6.92 Å². The van der Waals surface area contributed by atoms with Crippen molar-refractivity contribution in [2.24, 2.45) is 0 Å². The number of allylic oxidation sites excluding steroid dienone is 2. The molecule has 0 unspecified atom stereocenters. The Kier molecular flexibility index (Phi) is 2.12. The van der Waals surface area contributed by atoms with Crippen LogP contribution in [0.3, 0.4) is 0 Å². The number of hydrogen-bond acceptors (Lipinski definition) is 3. The Morgan fingerprint density at radius 1 is 1.39 bits per heavy atom. The van der Waals surface area contributed by atoms with Crippen LogP contribution in [0.4, 0.5) is 0 Å². The quantitative estimate of drug-likeness (QED) is 0.528. The standard InChI is InChI=1S/C15H20O3/c1-9(2)11-8-15-13(4,18-15)5-6-14(15,17)10(3)7-12(11)16/h7,17H,5-6,8H2,1-4H3/t13-,14+,15-/m0/s1. The summed E-state index contributed by atoms with van der Waals surface area (Å²) in [4.78, 5) is 12.2. The highest BCUT2D eigenvalue weighted by molar-refractivity contribution is 6.05. The van der Waals surface area contributed by atoms with Crippen molar-refractivity contribution in [1.29, 1.82) is 0 Å². The summed E-state index contributed by atoms with van der Waals surface area (Å²) in [5.41, 5.74) is 0.782. The van der Waals surface area contributed by atoms with Crippen molar-refractivity contribution in [2.75, 3.05) is 0 Å². The number of rotatable bonds is 0. The van der Waals surface area contributed by atoms with E-state index < -0.39 is 11.2 Å². The maximum atomic E-state index is 12.2. The van der Waals surface area contributed by atoms with E-state index >= 15 is 0 Å². The van der Waals surface area contributed by atoms with Crippen LogP contribution < -0.4 is 0 Å². The number of carbonyl (C=O) groups excluding carboxylic acids is 1. The molecule has 0 aromatic heterocycles. The van der Waals surface area contributed by atoms with Crippen LogP contribution in [0.1, 0.15) is 47.0 Å². The number of aliphatic hydroxyl groups is 1. The van der Waals surface area contributed by atoms with E-state index in [1.165, 1.54) is 0 Å². The fourth-order valence-corrected chi connectivity index (χ4v) is 3.80. The van der Waals surface area contributed by atoms with Gasteiger partial charge in [-0.2, -0.15) is 0 Å².